The minimum atomic E-state index is -0.110. The first kappa shape index (κ1) is 31.6. The van der Waals surface area contributed by atoms with Gasteiger partial charge >= 0.3 is 0 Å². The van der Waals surface area contributed by atoms with Gasteiger partial charge in [-0.25, -0.2) is 0 Å². The van der Waals surface area contributed by atoms with Gasteiger partial charge in [0.1, 0.15) is 5.78 Å². The van der Waals surface area contributed by atoms with E-state index in [9.17, 15) is 9.90 Å². The van der Waals surface area contributed by atoms with Crippen LogP contribution >= 0.6 is 0 Å². The average molecular weight is 453 g/mol. The topological polar surface area (TPSA) is 37.3 Å². The quantitative estimate of drug-likeness (QED) is 0.126. The smallest absolute Gasteiger partial charge is 0.132 e. The molecule has 2 heteroatoms. The zero-order valence-electron chi connectivity index (χ0n) is 22.3. The Morgan fingerprint density at radius 1 is 0.500 bits per heavy atom. The van der Waals surface area contributed by atoms with Crippen LogP contribution in [0.4, 0.5) is 0 Å². The number of Topliss-reactive ketones (excluding diaryl/α,β-unsaturated/α-hetero) is 1. The number of hydrogen-bond acceptors (Lipinski definition) is 2. The lowest BCUT2D eigenvalue weighted by atomic mass is 10.0. The van der Waals surface area contributed by atoms with Crippen LogP contribution in [0.2, 0.25) is 0 Å². The molecule has 0 saturated heterocycles. The number of aliphatic hydroxyl groups is 1. The summed E-state index contributed by atoms with van der Waals surface area (Å²) in [6.45, 7) is 4.33. The summed E-state index contributed by atoms with van der Waals surface area (Å²) in [5.41, 5.74) is 0. The van der Waals surface area contributed by atoms with Gasteiger partial charge in [-0.2, -0.15) is 0 Å². The fraction of sp³-hybridized carbons (Fsp3) is 0.967. The monoisotopic (exact) mass is 452 g/mol. The van der Waals surface area contributed by atoms with E-state index in [1.54, 1.807) is 0 Å². The molecule has 0 bridgehead atoms. The molecule has 0 fully saturated rings. The van der Waals surface area contributed by atoms with Crippen molar-refractivity contribution in [3.05, 3.63) is 0 Å². The summed E-state index contributed by atoms with van der Waals surface area (Å²) < 4.78 is 0. The van der Waals surface area contributed by atoms with E-state index in [1.165, 1.54) is 122 Å². The van der Waals surface area contributed by atoms with Crippen LogP contribution in [0.1, 0.15) is 181 Å². The minimum absolute atomic E-state index is 0.110. The lowest BCUT2D eigenvalue weighted by Crippen LogP contribution is -2.03. The van der Waals surface area contributed by atoms with Gasteiger partial charge in [-0.1, -0.05) is 142 Å². The zero-order valence-corrected chi connectivity index (χ0v) is 22.3. The van der Waals surface area contributed by atoms with Gasteiger partial charge in [0.2, 0.25) is 0 Å². The zero-order chi connectivity index (χ0) is 23.5. The molecule has 1 N–H and O–H groups in total. The van der Waals surface area contributed by atoms with Gasteiger partial charge < -0.3 is 5.11 Å². The molecule has 0 unspecified atom stereocenters. The number of ketones is 1. The van der Waals surface area contributed by atoms with Gasteiger partial charge in [0.15, 0.2) is 0 Å². The van der Waals surface area contributed by atoms with E-state index in [-0.39, 0.29) is 6.10 Å². The maximum atomic E-state index is 12.0. The van der Waals surface area contributed by atoms with Crippen LogP contribution in [-0.2, 0) is 4.79 Å². The van der Waals surface area contributed by atoms with Crippen molar-refractivity contribution in [1.82, 2.24) is 0 Å². The Labute approximate surface area is 202 Å². The van der Waals surface area contributed by atoms with Crippen molar-refractivity contribution in [3.8, 4) is 0 Å². The number of rotatable bonds is 27. The maximum absolute atomic E-state index is 12.0. The molecule has 0 rings (SSSR count). The summed E-state index contributed by atoms with van der Waals surface area (Å²) in [4.78, 5) is 12.0. The molecular formula is C30H60O2. The predicted octanol–water partition coefficient (Wildman–Crippen LogP) is 10.1. The third kappa shape index (κ3) is 25.9. The van der Waals surface area contributed by atoms with Crippen molar-refractivity contribution in [1.29, 1.82) is 0 Å². The third-order valence-corrected chi connectivity index (χ3v) is 7.02. The van der Waals surface area contributed by atoms with Crippen molar-refractivity contribution in [2.24, 2.45) is 0 Å². The summed E-state index contributed by atoms with van der Waals surface area (Å²) in [6, 6.07) is 0. The Morgan fingerprint density at radius 3 is 1.16 bits per heavy atom. The van der Waals surface area contributed by atoms with Crippen molar-refractivity contribution >= 4 is 5.78 Å². The van der Waals surface area contributed by atoms with Crippen molar-refractivity contribution < 1.29 is 9.90 Å². The lowest BCUT2D eigenvalue weighted by molar-refractivity contribution is -0.119. The highest BCUT2D eigenvalue weighted by atomic mass is 16.3. The summed E-state index contributed by atoms with van der Waals surface area (Å²) in [7, 11) is 0. The van der Waals surface area contributed by atoms with E-state index >= 15 is 0 Å². The highest BCUT2D eigenvalue weighted by molar-refractivity contribution is 5.78. The van der Waals surface area contributed by atoms with Crippen LogP contribution < -0.4 is 0 Å². The van der Waals surface area contributed by atoms with E-state index in [0.29, 0.717) is 5.78 Å². The summed E-state index contributed by atoms with van der Waals surface area (Å²) in [5.74, 6) is 0.479. The number of hydrogen-bond donors (Lipinski definition) is 1. The van der Waals surface area contributed by atoms with Crippen LogP contribution in [0.25, 0.3) is 0 Å². The largest absolute Gasteiger partial charge is 0.393 e. The van der Waals surface area contributed by atoms with Gasteiger partial charge in [-0.05, 0) is 25.7 Å². The van der Waals surface area contributed by atoms with Crippen LogP contribution in [-0.4, -0.2) is 17.0 Å². The Balaban J connectivity index is 3.15. The van der Waals surface area contributed by atoms with Crippen LogP contribution in [0, 0.1) is 0 Å². The maximum Gasteiger partial charge on any atom is 0.132 e. The molecule has 1 atom stereocenters. The molecule has 0 aromatic rings. The molecule has 32 heavy (non-hydrogen) atoms. The van der Waals surface area contributed by atoms with E-state index in [4.69, 9.17) is 0 Å². The van der Waals surface area contributed by atoms with Crippen molar-refractivity contribution in [3.63, 3.8) is 0 Å². The highest BCUT2D eigenvalue weighted by Crippen LogP contribution is 2.15. The number of aliphatic hydroxyl groups excluding tert-OH is 1. The average Bonchev–Trinajstić information content (AvgIpc) is 2.80. The number of carbonyl (C=O) groups is 1. The van der Waals surface area contributed by atoms with E-state index < -0.39 is 0 Å². The normalized spacial score (nSPS) is 12.3. The van der Waals surface area contributed by atoms with Gasteiger partial charge in [-0.3, -0.25) is 4.79 Å². The molecular weight excluding hydrogens is 392 g/mol. The minimum Gasteiger partial charge on any atom is -0.393 e. The van der Waals surface area contributed by atoms with Gasteiger partial charge in [0, 0.05) is 12.8 Å². The SMILES string of the molecule is CCCCCCCCCCCCCCCCCCCC(=O)CCCCCCC[C@H](O)CC. The molecule has 0 heterocycles. The van der Waals surface area contributed by atoms with Crippen LogP contribution in [0.15, 0.2) is 0 Å². The molecule has 192 valence electrons. The van der Waals surface area contributed by atoms with Crippen molar-refractivity contribution in [2.45, 2.75) is 187 Å². The fourth-order valence-electron chi connectivity index (χ4n) is 4.61. The number of unbranched alkanes of at least 4 members (excludes halogenated alkanes) is 20. The molecule has 0 aromatic heterocycles. The van der Waals surface area contributed by atoms with E-state index in [0.717, 1.165) is 44.9 Å². The summed E-state index contributed by atoms with van der Waals surface area (Å²) in [6.07, 6.45) is 32.7. The van der Waals surface area contributed by atoms with Crippen molar-refractivity contribution in [2.75, 3.05) is 0 Å². The second kappa shape index (κ2) is 26.9. The summed E-state index contributed by atoms with van der Waals surface area (Å²) in [5, 5.41) is 9.53. The molecule has 2 nitrogen and oxygen atoms in total. The van der Waals surface area contributed by atoms with Crippen LogP contribution in [0.3, 0.4) is 0 Å². The first-order valence-corrected chi connectivity index (χ1v) is 14.9. The molecule has 0 amide bonds. The lowest BCUT2D eigenvalue weighted by Gasteiger charge is -2.06. The van der Waals surface area contributed by atoms with Gasteiger partial charge in [0.05, 0.1) is 6.10 Å². The third-order valence-electron chi connectivity index (χ3n) is 7.02. The molecule has 0 aliphatic rings. The van der Waals surface area contributed by atoms with Gasteiger partial charge in [-0.15, -0.1) is 0 Å². The Bertz CT molecular complexity index is 366. The molecule has 0 aliphatic carbocycles. The first-order chi connectivity index (χ1) is 15.7. The first-order valence-electron chi connectivity index (χ1n) is 14.9. The predicted molar refractivity (Wildman–Crippen MR) is 142 cm³/mol. The molecule has 0 aliphatic heterocycles. The highest BCUT2D eigenvalue weighted by Gasteiger charge is 2.03. The Hall–Kier alpha value is -0.370. The molecule has 0 radical (unpaired) electrons. The fourth-order valence-corrected chi connectivity index (χ4v) is 4.61. The van der Waals surface area contributed by atoms with Crippen LogP contribution in [0.5, 0.6) is 0 Å². The van der Waals surface area contributed by atoms with E-state index in [2.05, 4.69) is 6.92 Å². The summed E-state index contributed by atoms with van der Waals surface area (Å²) >= 11 is 0. The van der Waals surface area contributed by atoms with Gasteiger partial charge in [0.25, 0.3) is 0 Å². The molecule has 0 aromatic carbocycles. The second-order valence-electron chi connectivity index (χ2n) is 10.3. The van der Waals surface area contributed by atoms with E-state index in [1.807, 2.05) is 6.92 Å². The standard InChI is InChI=1S/C30H60O2/c1-3-5-6-7-8-9-10-11-12-13-14-15-16-17-18-20-24-27-30(32)28-25-22-19-21-23-26-29(31)4-2/h29,31H,3-28H2,1-2H3/t29-/m1/s1. The molecule has 0 saturated carbocycles. The Kier molecular flexibility index (Phi) is 26.6. The molecule has 0 spiro atoms. The second-order valence-corrected chi connectivity index (χ2v) is 10.3. The Morgan fingerprint density at radius 2 is 0.812 bits per heavy atom. The number of carbonyl (C=O) groups excluding carboxylic acids is 1.